The molecule has 1 aliphatic heterocycles. The molecule has 20 heavy (non-hydrogen) atoms. The van der Waals surface area contributed by atoms with Gasteiger partial charge in [-0.3, -0.25) is 0 Å². The largest absolute Gasteiger partial charge is 0.394 e. The molecule has 1 heterocycles. The average Bonchev–Trinajstić information content (AvgIpc) is 3.29. The van der Waals surface area contributed by atoms with Crippen LogP contribution in [0.5, 0.6) is 0 Å². The highest BCUT2D eigenvalue weighted by Crippen LogP contribution is 2.29. The molecule has 2 N–H and O–H groups in total. The Kier molecular flexibility index (Phi) is 4.61. The number of nitrogens with zero attached hydrogens (tertiary/aromatic N) is 1. The van der Waals surface area contributed by atoms with E-state index in [0.29, 0.717) is 6.61 Å². The Hall–Kier alpha value is -0.620. The Morgan fingerprint density at radius 2 is 2.25 bits per heavy atom. The first-order valence-corrected chi connectivity index (χ1v) is 8.05. The summed E-state index contributed by atoms with van der Waals surface area (Å²) in [6, 6.07) is 7.26. The molecule has 3 rings (SSSR count). The summed E-state index contributed by atoms with van der Waals surface area (Å²) >= 11 is 3.67. The molecule has 2 fully saturated rings. The second-order valence-electron chi connectivity index (χ2n) is 5.56. The van der Waals surface area contributed by atoms with Crippen LogP contribution in [0.15, 0.2) is 22.7 Å². The lowest BCUT2D eigenvalue weighted by Crippen LogP contribution is -2.44. The molecule has 110 valence electrons. The lowest BCUT2D eigenvalue weighted by molar-refractivity contribution is 0.00353. The molecule has 1 aromatic rings. The highest BCUT2D eigenvalue weighted by atomic mass is 79.9. The fraction of sp³-hybridized carbons (Fsp3) is 0.600. The van der Waals surface area contributed by atoms with Gasteiger partial charge < -0.3 is 20.1 Å². The minimum atomic E-state index is -0.0770. The van der Waals surface area contributed by atoms with Gasteiger partial charge in [0.05, 0.1) is 25.0 Å². The molecule has 1 atom stereocenters. The van der Waals surface area contributed by atoms with Crippen molar-refractivity contribution in [3.8, 4) is 0 Å². The number of nitrogens with one attached hydrogen (secondary N) is 1. The van der Waals surface area contributed by atoms with Crippen LogP contribution in [0.2, 0.25) is 0 Å². The summed E-state index contributed by atoms with van der Waals surface area (Å²) in [5.41, 5.74) is 2.49. The predicted molar refractivity (Wildman–Crippen MR) is 83.0 cm³/mol. The molecule has 1 unspecified atom stereocenters. The zero-order valence-electron chi connectivity index (χ0n) is 11.5. The minimum absolute atomic E-state index is 0.0770. The highest BCUT2D eigenvalue weighted by molar-refractivity contribution is 9.10. The molecule has 1 aromatic carbocycles. The van der Waals surface area contributed by atoms with E-state index in [2.05, 4.69) is 44.3 Å². The van der Waals surface area contributed by atoms with Gasteiger partial charge >= 0.3 is 0 Å². The number of hydrogen-bond acceptors (Lipinski definition) is 4. The summed E-state index contributed by atoms with van der Waals surface area (Å²) in [6.07, 6.45) is 2.55. The van der Waals surface area contributed by atoms with Gasteiger partial charge in [0, 0.05) is 30.1 Å². The van der Waals surface area contributed by atoms with E-state index in [1.165, 1.54) is 24.1 Å². The Bertz CT molecular complexity index is 465. The van der Waals surface area contributed by atoms with E-state index in [0.717, 1.165) is 30.1 Å². The average molecular weight is 341 g/mol. The van der Waals surface area contributed by atoms with Crippen molar-refractivity contribution in [3.05, 3.63) is 28.2 Å². The smallest absolute Gasteiger partial charge is 0.0980 e. The van der Waals surface area contributed by atoms with Gasteiger partial charge in [-0.25, -0.2) is 0 Å². The van der Waals surface area contributed by atoms with Crippen molar-refractivity contribution in [2.75, 3.05) is 31.2 Å². The van der Waals surface area contributed by atoms with E-state index in [1.54, 1.807) is 0 Å². The summed E-state index contributed by atoms with van der Waals surface area (Å²) in [7, 11) is 0. The van der Waals surface area contributed by atoms with Gasteiger partial charge in [-0.1, -0.05) is 6.07 Å². The van der Waals surface area contributed by atoms with Crippen LogP contribution in [0, 0.1) is 0 Å². The third-order valence-corrected chi connectivity index (χ3v) is 4.50. The second kappa shape index (κ2) is 6.43. The third kappa shape index (κ3) is 3.52. The van der Waals surface area contributed by atoms with Crippen molar-refractivity contribution >= 4 is 21.6 Å². The Morgan fingerprint density at radius 3 is 2.95 bits per heavy atom. The van der Waals surface area contributed by atoms with Crippen molar-refractivity contribution in [2.45, 2.75) is 31.5 Å². The number of aliphatic hydroxyl groups is 1. The van der Waals surface area contributed by atoms with Gasteiger partial charge in [0.2, 0.25) is 0 Å². The van der Waals surface area contributed by atoms with E-state index in [-0.39, 0.29) is 12.7 Å². The zero-order chi connectivity index (χ0) is 13.9. The van der Waals surface area contributed by atoms with Crippen LogP contribution in [0.1, 0.15) is 18.4 Å². The van der Waals surface area contributed by atoms with Crippen molar-refractivity contribution < 1.29 is 9.84 Å². The highest BCUT2D eigenvalue weighted by Gasteiger charge is 2.22. The van der Waals surface area contributed by atoms with Crippen LogP contribution >= 0.6 is 15.9 Å². The summed E-state index contributed by atoms with van der Waals surface area (Å²) in [4.78, 5) is 2.27. The van der Waals surface area contributed by atoms with Gasteiger partial charge in [0.1, 0.15) is 0 Å². The molecule has 0 spiro atoms. The monoisotopic (exact) mass is 340 g/mol. The fourth-order valence-corrected chi connectivity index (χ4v) is 3.19. The number of hydrogen-bond donors (Lipinski definition) is 2. The van der Waals surface area contributed by atoms with Gasteiger partial charge in [-0.15, -0.1) is 0 Å². The van der Waals surface area contributed by atoms with Gasteiger partial charge in [0.15, 0.2) is 0 Å². The summed E-state index contributed by atoms with van der Waals surface area (Å²) in [5.74, 6) is 0. The van der Waals surface area contributed by atoms with Crippen molar-refractivity contribution in [1.82, 2.24) is 5.32 Å². The van der Waals surface area contributed by atoms with Crippen LogP contribution in [0.3, 0.4) is 0 Å². The Balaban J connectivity index is 1.66. The summed E-state index contributed by atoms with van der Waals surface area (Å²) < 4.78 is 6.61. The van der Waals surface area contributed by atoms with Crippen molar-refractivity contribution in [3.63, 3.8) is 0 Å². The number of benzene rings is 1. The molecule has 2 aliphatic rings. The fourth-order valence-electron chi connectivity index (χ4n) is 2.52. The predicted octanol–water partition coefficient (Wildman–Crippen LogP) is 1.90. The molecule has 5 heteroatoms. The van der Waals surface area contributed by atoms with Crippen LogP contribution in [-0.2, 0) is 11.3 Å². The standard InChI is InChI=1S/C15H21BrN2O2/c16-14-7-11(8-17-12-2-3-12)1-4-15(14)18-5-6-20-13(9-18)10-19/h1,4,7,12-13,17,19H,2-3,5-6,8-10H2. The number of ether oxygens (including phenoxy) is 1. The normalized spacial score (nSPS) is 23.1. The van der Waals surface area contributed by atoms with E-state index in [4.69, 9.17) is 4.74 Å². The number of aliphatic hydroxyl groups excluding tert-OH is 1. The minimum Gasteiger partial charge on any atom is -0.394 e. The zero-order valence-corrected chi connectivity index (χ0v) is 13.1. The van der Waals surface area contributed by atoms with Crippen LogP contribution in [0.25, 0.3) is 0 Å². The molecule has 1 saturated heterocycles. The lowest BCUT2D eigenvalue weighted by Gasteiger charge is -2.34. The van der Waals surface area contributed by atoms with Gasteiger partial charge in [-0.2, -0.15) is 0 Å². The molecule has 0 radical (unpaired) electrons. The van der Waals surface area contributed by atoms with Gasteiger partial charge in [-0.05, 0) is 46.5 Å². The van der Waals surface area contributed by atoms with Gasteiger partial charge in [0.25, 0.3) is 0 Å². The van der Waals surface area contributed by atoms with Crippen molar-refractivity contribution in [2.24, 2.45) is 0 Å². The number of rotatable bonds is 5. The molecule has 0 bridgehead atoms. The number of morpholine rings is 1. The van der Waals surface area contributed by atoms with Crippen LogP contribution < -0.4 is 10.2 Å². The lowest BCUT2D eigenvalue weighted by atomic mass is 10.1. The van der Waals surface area contributed by atoms with Crippen molar-refractivity contribution in [1.29, 1.82) is 0 Å². The maximum atomic E-state index is 9.23. The molecular weight excluding hydrogens is 320 g/mol. The number of halogens is 1. The number of anilines is 1. The van der Waals surface area contributed by atoms with Crippen LogP contribution in [0.4, 0.5) is 5.69 Å². The first-order chi connectivity index (χ1) is 9.76. The Labute approximate surface area is 128 Å². The molecule has 1 saturated carbocycles. The first kappa shape index (κ1) is 14.3. The maximum Gasteiger partial charge on any atom is 0.0980 e. The quantitative estimate of drug-likeness (QED) is 0.859. The first-order valence-electron chi connectivity index (χ1n) is 7.25. The SMILES string of the molecule is OCC1CN(c2ccc(CNC3CC3)cc2Br)CCO1. The topological polar surface area (TPSA) is 44.7 Å². The second-order valence-corrected chi connectivity index (χ2v) is 6.42. The van der Waals surface area contributed by atoms with E-state index >= 15 is 0 Å². The van der Waals surface area contributed by atoms with E-state index < -0.39 is 0 Å². The van der Waals surface area contributed by atoms with E-state index in [1.807, 2.05) is 0 Å². The summed E-state index contributed by atoms with van der Waals surface area (Å²) in [6.45, 7) is 3.30. The molecule has 1 aliphatic carbocycles. The summed E-state index contributed by atoms with van der Waals surface area (Å²) in [5, 5.41) is 12.8. The Morgan fingerprint density at radius 1 is 1.40 bits per heavy atom. The maximum absolute atomic E-state index is 9.23. The molecule has 4 nitrogen and oxygen atoms in total. The molecular formula is C15H21BrN2O2. The molecule has 0 amide bonds. The third-order valence-electron chi connectivity index (χ3n) is 3.87. The van der Waals surface area contributed by atoms with E-state index in [9.17, 15) is 5.11 Å². The van der Waals surface area contributed by atoms with Crippen LogP contribution in [-0.4, -0.2) is 43.6 Å². The molecule has 0 aromatic heterocycles.